The fourth-order valence-electron chi connectivity index (χ4n) is 5.67. The van der Waals surface area contributed by atoms with Crippen LogP contribution >= 0.6 is 11.6 Å². The van der Waals surface area contributed by atoms with Gasteiger partial charge in [-0.05, 0) is 75.2 Å². The van der Waals surface area contributed by atoms with Crippen molar-refractivity contribution in [2.75, 3.05) is 42.7 Å². The van der Waals surface area contributed by atoms with Crippen LogP contribution in [-0.2, 0) is 6.42 Å². The van der Waals surface area contributed by atoms with E-state index in [4.69, 9.17) is 16.6 Å². The smallest absolute Gasteiger partial charge is 0.229 e. The summed E-state index contributed by atoms with van der Waals surface area (Å²) in [5, 5.41) is 7.41. The molecule has 37 heavy (non-hydrogen) atoms. The molecule has 1 aliphatic heterocycles. The molecule has 0 amide bonds. The summed E-state index contributed by atoms with van der Waals surface area (Å²) < 4.78 is 0. The lowest BCUT2D eigenvalue weighted by Gasteiger charge is -2.23. The van der Waals surface area contributed by atoms with Gasteiger partial charge in [-0.15, -0.1) is 0 Å². The molecule has 1 aromatic heterocycles. The Morgan fingerprint density at radius 2 is 1.81 bits per heavy atom. The van der Waals surface area contributed by atoms with E-state index in [2.05, 4.69) is 88.9 Å². The van der Waals surface area contributed by atoms with Crippen molar-refractivity contribution >= 4 is 40.4 Å². The van der Waals surface area contributed by atoms with Crippen LogP contribution in [-0.4, -0.2) is 48.1 Å². The summed E-state index contributed by atoms with van der Waals surface area (Å²) in [6.45, 7) is 4.28. The van der Waals surface area contributed by atoms with Gasteiger partial charge in [-0.3, -0.25) is 0 Å². The van der Waals surface area contributed by atoms with Gasteiger partial charge in [-0.2, -0.15) is 4.98 Å². The molecule has 2 heterocycles. The second kappa shape index (κ2) is 11.7. The summed E-state index contributed by atoms with van der Waals surface area (Å²) in [7, 11) is 4.33. The lowest BCUT2D eigenvalue weighted by atomic mass is 9.84. The van der Waals surface area contributed by atoms with Gasteiger partial charge in [0.05, 0.1) is 6.20 Å². The topological polar surface area (TPSA) is 56.3 Å². The third-order valence-electron chi connectivity index (χ3n) is 7.96. The third-order valence-corrected chi connectivity index (χ3v) is 8.24. The predicted molar refractivity (Wildman–Crippen MR) is 156 cm³/mol. The molecular formula is C30H39ClN6. The molecular weight excluding hydrogens is 480 g/mol. The van der Waals surface area contributed by atoms with E-state index in [1.54, 1.807) is 6.20 Å². The number of aromatic nitrogens is 2. The first kappa shape index (κ1) is 25.8. The van der Waals surface area contributed by atoms with Gasteiger partial charge in [0, 0.05) is 36.2 Å². The summed E-state index contributed by atoms with van der Waals surface area (Å²) >= 11 is 6.53. The van der Waals surface area contributed by atoms with Crippen LogP contribution in [0.25, 0.3) is 0 Å². The lowest BCUT2D eigenvalue weighted by Crippen LogP contribution is -2.31. The van der Waals surface area contributed by atoms with Crippen LogP contribution in [0, 0.1) is 12.8 Å². The number of halogens is 1. The standard InChI is InChI=1S/C30H39ClN6/c1-21-17-24(37-16-15-25(20-37)36(2)3)13-14-27(21)34-30-32-19-26(31)29(35-30)33-28-12-8-7-11-23(28)18-22-9-5-4-6-10-22/h7-8,11-14,17,19,22,25H,4-6,9-10,15-16,18,20H2,1-3H3,(H2,32,33,34,35)/t25-/m0/s1. The second-order valence-corrected chi connectivity index (χ2v) is 11.3. The Morgan fingerprint density at radius 3 is 2.57 bits per heavy atom. The Balaban J connectivity index is 1.29. The number of rotatable bonds is 8. The maximum atomic E-state index is 6.53. The fraction of sp³-hybridized carbons (Fsp3) is 0.467. The van der Waals surface area contributed by atoms with Gasteiger partial charge < -0.3 is 20.4 Å². The molecule has 1 saturated heterocycles. The van der Waals surface area contributed by atoms with Gasteiger partial charge >= 0.3 is 0 Å². The van der Waals surface area contributed by atoms with Crippen molar-refractivity contribution in [2.45, 2.75) is 57.9 Å². The van der Waals surface area contributed by atoms with E-state index in [0.29, 0.717) is 22.8 Å². The van der Waals surface area contributed by atoms with Gasteiger partial charge in [0.2, 0.25) is 5.95 Å². The van der Waals surface area contributed by atoms with Crippen molar-refractivity contribution in [2.24, 2.45) is 5.92 Å². The monoisotopic (exact) mass is 518 g/mol. The Labute approximate surface area is 226 Å². The van der Waals surface area contributed by atoms with Crippen LogP contribution in [0.3, 0.4) is 0 Å². The van der Waals surface area contributed by atoms with Gasteiger partial charge in [0.15, 0.2) is 5.82 Å². The van der Waals surface area contributed by atoms with Crippen LogP contribution in [0.4, 0.5) is 28.8 Å². The molecule has 5 rings (SSSR count). The van der Waals surface area contributed by atoms with Gasteiger partial charge in [-0.1, -0.05) is 61.9 Å². The quantitative estimate of drug-likeness (QED) is 0.329. The highest BCUT2D eigenvalue weighted by Gasteiger charge is 2.24. The van der Waals surface area contributed by atoms with Crippen molar-refractivity contribution < 1.29 is 0 Å². The highest BCUT2D eigenvalue weighted by atomic mass is 35.5. The molecule has 3 aromatic rings. The summed E-state index contributed by atoms with van der Waals surface area (Å²) in [6, 6.07) is 15.7. The molecule has 2 aliphatic rings. The largest absolute Gasteiger partial charge is 0.370 e. The van der Waals surface area contributed by atoms with Crippen molar-refractivity contribution in [3.05, 3.63) is 64.8 Å². The first-order valence-electron chi connectivity index (χ1n) is 13.6. The lowest BCUT2D eigenvalue weighted by molar-refractivity contribution is 0.315. The van der Waals surface area contributed by atoms with E-state index in [-0.39, 0.29) is 0 Å². The van der Waals surface area contributed by atoms with Crippen LogP contribution in [0.15, 0.2) is 48.7 Å². The van der Waals surface area contributed by atoms with Crippen molar-refractivity contribution in [1.29, 1.82) is 0 Å². The average molecular weight is 519 g/mol. The molecule has 0 spiro atoms. The average Bonchev–Trinajstić information content (AvgIpc) is 3.40. The van der Waals surface area contributed by atoms with Gasteiger partial charge in [-0.25, -0.2) is 4.98 Å². The number of hydrogen-bond donors (Lipinski definition) is 2. The van der Waals surface area contributed by atoms with Gasteiger partial charge in [0.1, 0.15) is 5.02 Å². The number of nitrogens with one attached hydrogen (secondary N) is 2. The SMILES string of the molecule is Cc1cc(N2CC[C@H](N(C)C)C2)ccc1Nc1ncc(Cl)c(Nc2ccccc2CC2CCCCC2)n1. The van der Waals surface area contributed by atoms with E-state index in [1.807, 2.05) is 0 Å². The first-order valence-corrected chi connectivity index (χ1v) is 14.0. The maximum Gasteiger partial charge on any atom is 0.229 e. The summed E-state index contributed by atoms with van der Waals surface area (Å²) in [5.41, 5.74) is 5.82. The Morgan fingerprint density at radius 1 is 1.00 bits per heavy atom. The zero-order chi connectivity index (χ0) is 25.8. The van der Waals surface area contributed by atoms with Gasteiger partial charge in [0.25, 0.3) is 0 Å². The zero-order valence-corrected chi connectivity index (χ0v) is 23.1. The molecule has 2 fully saturated rings. The summed E-state index contributed by atoms with van der Waals surface area (Å²) in [6.07, 6.45) is 10.7. The van der Waals surface area contributed by atoms with Crippen LogP contribution in [0.1, 0.15) is 49.7 Å². The van der Waals surface area contributed by atoms with Crippen molar-refractivity contribution in [3.63, 3.8) is 0 Å². The number of hydrogen-bond acceptors (Lipinski definition) is 6. The third kappa shape index (κ3) is 6.36. The molecule has 2 N–H and O–H groups in total. The fourth-order valence-corrected chi connectivity index (χ4v) is 5.81. The molecule has 2 aromatic carbocycles. The summed E-state index contributed by atoms with van der Waals surface area (Å²) in [5.74, 6) is 1.91. The molecule has 0 bridgehead atoms. The maximum absolute atomic E-state index is 6.53. The Hall–Kier alpha value is -2.83. The number of para-hydroxylation sites is 1. The molecule has 1 saturated carbocycles. The minimum absolute atomic E-state index is 0.509. The van der Waals surface area contributed by atoms with E-state index in [1.165, 1.54) is 49.8 Å². The van der Waals surface area contributed by atoms with Crippen LogP contribution in [0.2, 0.25) is 5.02 Å². The number of aryl methyl sites for hydroxylation is 1. The molecule has 0 radical (unpaired) electrons. The van der Waals surface area contributed by atoms with E-state index < -0.39 is 0 Å². The van der Waals surface area contributed by atoms with E-state index in [0.717, 1.165) is 42.4 Å². The molecule has 1 atom stereocenters. The van der Waals surface area contributed by atoms with E-state index >= 15 is 0 Å². The zero-order valence-electron chi connectivity index (χ0n) is 22.3. The molecule has 6 nitrogen and oxygen atoms in total. The minimum Gasteiger partial charge on any atom is -0.370 e. The Bertz CT molecular complexity index is 1210. The van der Waals surface area contributed by atoms with Crippen LogP contribution in [0.5, 0.6) is 0 Å². The van der Waals surface area contributed by atoms with Crippen LogP contribution < -0.4 is 15.5 Å². The molecule has 1 aliphatic carbocycles. The number of anilines is 5. The minimum atomic E-state index is 0.509. The molecule has 0 unspecified atom stereocenters. The molecule has 7 heteroatoms. The number of benzene rings is 2. The predicted octanol–water partition coefficient (Wildman–Crippen LogP) is 7.19. The number of nitrogens with zero attached hydrogens (tertiary/aromatic N) is 4. The van der Waals surface area contributed by atoms with E-state index in [9.17, 15) is 0 Å². The van der Waals surface area contributed by atoms with Crippen molar-refractivity contribution in [3.8, 4) is 0 Å². The number of likely N-dealkylation sites (N-methyl/N-ethyl adjacent to an activating group) is 1. The second-order valence-electron chi connectivity index (χ2n) is 10.9. The first-order chi connectivity index (χ1) is 18.0. The Kier molecular flexibility index (Phi) is 8.16. The van der Waals surface area contributed by atoms with Crippen molar-refractivity contribution in [1.82, 2.24) is 14.9 Å². The highest BCUT2D eigenvalue weighted by molar-refractivity contribution is 6.32. The molecule has 196 valence electrons. The highest BCUT2D eigenvalue weighted by Crippen LogP contribution is 2.32. The summed E-state index contributed by atoms with van der Waals surface area (Å²) in [4.78, 5) is 14.0. The normalized spacial score (nSPS) is 18.4.